The molecule has 0 spiro atoms. The lowest BCUT2D eigenvalue weighted by Gasteiger charge is -2.22. The fourth-order valence-electron chi connectivity index (χ4n) is 1.89. The maximum Gasteiger partial charge on any atom is 0.125 e. The molecule has 2 rings (SSSR count). The molecule has 0 bridgehead atoms. The Morgan fingerprint density at radius 1 is 1.62 bits per heavy atom. The van der Waals surface area contributed by atoms with Gasteiger partial charge in [-0.15, -0.1) is 0 Å². The average Bonchev–Trinajstić information content (AvgIpc) is 2.18. The minimum absolute atomic E-state index is 0.0962. The lowest BCUT2D eigenvalue weighted by atomic mass is 9.92. The van der Waals surface area contributed by atoms with E-state index in [0.29, 0.717) is 0 Å². The molecule has 0 aliphatic heterocycles. The standard InChI is InChI=1S/C10H14N2O/c1-13-9-5-6-12-10-7(9)3-2-4-8(10)11/h5-6,8H,2-4,11H2,1H3/t8-/m0/s1. The smallest absolute Gasteiger partial charge is 0.125 e. The summed E-state index contributed by atoms with van der Waals surface area (Å²) >= 11 is 0. The highest BCUT2D eigenvalue weighted by Gasteiger charge is 2.20. The van der Waals surface area contributed by atoms with Crippen molar-refractivity contribution in [2.75, 3.05) is 7.11 Å². The molecule has 3 nitrogen and oxygen atoms in total. The normalized spacial score (nSPS) is 20.9. The number of aromatic nitrogens is 1. The third kappa shape index (κ3) is 1.40. The van der Waals surface area contributed by atoms with Crippen LogP contribution in [0.5, 0.6) is 5.75 Å². The number of nitrogens with two attached hydrogens (primary N) is 1. The zero-order chi connectivity index (χ0) is 9.26. The van der Waals surface area contributed by atoms with E-state index in [1.165, 1.54) is 5.56 Å². The largest absolute Gasteiger partial charge is 0.496 e. The third-order valence-corrected chi connectivity index (χ3v) is 2.56. The zero-order valence-corrected chi connectivity index (χ0v) is 7.79. The number of fused-ring (bicyclic) bond motifs is 1. The first-order chi connectivity index (χ1) is 6.33. The summed E-state index contributed by atoms with van der Waals surface area (Å²) in [5.41, 5.74) is 8.17. The van der Waals surface area contributed by atoms with E-state index < -0.39 is 0 Å². The first-order valence-electron chi connectivity index (χ1n) is 4.60. The number of methoxy groups -OCH3 is 1. The van der Waals surface area contributed by atoms with E-state index in [2.05, 4.69) is 4.98 Å². The van der Waals surface area contributed by atoms with Gasteiger partial charge in [0, 0.05) is 17.8 Å². The number of rotatable bonds is 1. The molecule has 0 saturated heterocycles. The Morgan fingerprint density at radius 2 is 2.46 bits per heavy atom. The molecule has 0 unspecified atom stereocenters. The van der Waals surface area contributed by atoms with E-state index in [1.54, 1.807) is 13.3 Å². The molecule has 13 heavy (non-hydrogen) atoms. The predicted molar refractivity (Wildman–Crippen MR) is 50.7 cm³/mol. The van der Waals surface area contributed by atoms with Crippen molar-refractivity contribution in [2.24, 2.45) is 5.73 Å². The molecule has 0 aromatic carbocycles. The summed E-state index contributed by atoms with van der Waals surface area (Å²) in [6.07, 6.45) is 4.98. The van der Waals surface area contributed by atoms with Gasteiger partial charge in [-0.3, -0.25) is 4.98 Å². The average molecular weight is 178 g/mol. The van der Waals surface area contributed by atoms with Crippen LogP contribution in [0.15, 0.2) is 12.3 Å². The van der Waals surface area contributed by atoms with Crippen molar-refractivity contribution < 1.29 is 4.74 Å². The summed E-state index contributed by atoms with van der Waals surface area (Å²) < 4.78 is 5.27. The van der Waals surface area contributed by atoms with Gasteiger partial charge in [0.1, 0.15) is 5.75 Å². The molecule has 2 N–H and O–H groups in total. The van der Waals surface area contributed by atoms with Crippen LogP contribution in [0.4, 0.5) is 0 Å². The van der Waals surface area contributed by atoms with E-state index in [9.17, 15) is 0 Å². The fourth-order valence-corrected chi connectivity index (χ4v) is 1.89. The Hall–Kier alpha value is -1.09. The van der Waals surface area contributed by atoms with Gasteiger partial charge < -0.3 is 10.5 Å². The van der Waals surface area contributed by atoms with Gasteiger partial charge in [-0.25, -0.2) is 0 Å². The third-order valence-electron chi connectivity index (χ3n) is 2.56. The molecule has 1 aromatic heterocycles. The Bertz CT molecular complexity index is 312. The second-order valence-corrected chi connectivity index (χ2v) is 3.38. The molecule has 0 saturated carbocycles. The van der Waals surface area contributed by atoms with Gasteiger partial charge in [0.05, 0.1) is 12.8 Å². The van der Waals surface area contributed by atoms with Gasteiger partial charge in [0.2, 0.25) is 0 Å². The Labute approximate surface area is 77.9 Å². The number of hydrogen-bond acceptors (Lipinski definition) is 3. The van der Waals surface area contributed by atoms with Crippen LogP contribution in [0.3, 0.4) is 0 Å². The second-order valence-electron chi connectivity index (χ2n) is 3.38. The molecule has 0 fully saturated rings. The molecule has 70 valence electrons. The van der Waals surface area contributed by atoms with Gasteiger partial charge in [-0.05, 0) is 25.3 Å². The first-order valence-corrected chi connectivity index (χ1v) is 4.60. The van der Waals surface area contributed by atoms with Crippen LogP contribution in [0.25, 0.3) is 0 Å². The maximum absolute atomic E-state index is 5.95. The summed E-state index contributed by atoms with van der Waals surface area (Å²) in [5.74, 6) is 0.931. The van der Waals surface area contributed by atoms with E-state index in [1.807, 2.05) is 6.07 Å². The molecule has 0 amide bonds. The highest BCUT2D eigenvalue weighted by Crippen LogP contribution is 2.31. The Balaban J connectivity index is 2.48. The molecule has 0 radical (unpaired) electrons. The second kappa shape index (κ2) is 3.34. The maximum atomic E-state index is 5.95. The lowest BCUT2D eigenvalue weighted by molar-refractivity contribution is 0.401. The van der Waals surface area contributed by atoms with Crippen molar-refractivity contribution in [1.29, 1.82) is 0 Å². The summed E-state index contributed by atoms with van der Waals surface area (Å²) in [5, 5.41) is 0. The van der Waals surface area contributed by atoms with Crippen LogP contribution < -0.4 is 10.5 Å². The molecule has 1 heterocycles. The summed E-state index contributed by atoms with van der Waals surface area (Å²) in [4.78, 5) is 4.30. The van der Waals surface area contributed by atoms with Crippen LogP contribution in [0.2, 0.25) is 0 Å². The van der Waals surface area contributed by atoms with Crippen molar-refractivity contribution in [3.63, 3.8) is 0 Å². The van der Waals surface area contributed by atoms with Crippen molar-refractivity contribution >= 4 is 0 Å². The molecular formula is C10H14N2O. The minimum atomic E-state index is 0.0962. The quantitative estimate of drug-likeness (QED) is 0.707. The highest BCUT2D eigenvalue weighted by molar-refractivity contribution is 5.38. The van der Waals surface area contributed by atoms with Gasteiger partial charge in [-0.2, -0.15) is 0 Å². The zero-order valence-electron chi connectivity index (χ0n) is 7.79. The number of nitrogens with zero attached hydrogens (tertiary/aromatic N) is 1. The van der Waals surface area contributed by atoms with Gasteiger partial charge >= 0.3 is 0 Å². The van der Waals surface area contributed by atoms with Crippen molar-refractivity contribution in [3.05, 3.63) is 23.5 Å². The molecule has 1 atom stereocenters. The van der Waals surface area contributed by atoms with Crippen molar-refractivity contribution in [3.8, 4) is 5.75 Å². The highest BCUT2D eigenvalue weighted by atomic mass is 16.5. The van der Waals surface area contributed by atoms with Gasteiger partial charge in [0.15, 0.2) is 0 Å². The van der Waals surface area contributed by atoms with E-state index in [0.717, 1.165) is 30.7 Å². The topological polar surface area (TPSA) is 48.1 Å². The molecular weight excluding hydrogens is 164 g/mol. The fraction of sp³-hybridized carbons (Fsp3) is 0.500. The molecule has 1 aromatic rings. The van der Waals surface area contributed by atoms with Gasteiger partial charge in [0.25, 0.3) is 0 Å². The van der Waals surface area contributed by atoms with Crippen LogP contribution >= 0.6 is 0 Å². The van der Waals surface area contributed by atoms with Crippen LogP contribution in [-0.2, 0) is 6.42 Å². The van der Waals surface area contributed by atoms with E-state index in [4.69, 9.17) is 10.5 Å². The summed E-state index contributed by atoms with van der Waals surface area (Å²) in [7, 11) is 1.69. The van der Waals surface area contributed by atoms with E-state index in [-0.39, 0.29) is 6.04 Å². The molecule has 3 heteroatoms. The van der Waals surface area contributed by atoms with Crippen LogP contribution in [0.1, 0.15) is 30.1 Å². The SMILES string of the molecule is COc1ccnc2c1CCC[C@@H]2N. The Kier molecular flexibility index (Phi) is 2.19. The minimum Gasteiger partial charge on any atom is -0.496 e. The monoisotopic (exact) mass is 178 g/mol. The molecule has 1 aliphatic carbocycles. The number of ether oxygens (including phenoxy) is 1. The predicted octanol–water partition coefficient (Wildman–Crippen LogP) is 1.43. The van der Waals surface area contributed by atoms with Crippen molar-refractivity contribution in [2.45, 2.75) is 25.3 Å². The van der Waals surface area contributed by atoms with E-state index >= 15 is 0 Å². The number of pyridine rings is 1. The van der Waals surface area contributed by atoms with Gasteiger partial charge in [-0.1, -0.05) is 0 Å². The summed E-state index contributed by atoms with van der Waals surface area (Å²) in [6.45, 7) is 0. The molecule has 1 aliphatic rings. The lowest BCUT2D eigenvalue weighted by Crippen LogP contribution is -2.19. The van der Waals surface area contributed by atoms with Crippen LogP contribution in [-0.4, -0.2) is 12.1 Å². The van der Waals surface area contributed by atoms with Crippen molar-refractivity contribution in [1.82, 2.24) is 4.98 Å². The first kappa shape index (κ1) is 8.51. The number of hydrogen-bond donors (Lipinski definition) is 1. The Morgan fingerprint density at radius 3 is 3.23 bits per heavy atom. The summed E-state index contributed by atoms with van der Waals surface area (Å²) in [6, 6.07) is 2.00. The van der Waals surface area contributed by atoms with Crippen LogP contribution in [0, 0.1) is 0 Å².